The third-order valence-electron chi connectivity index (χ3n) is 3.58. The zero-order valence-electron chi connectivity index (χ0n) is 11.2. The highest BCUT2D eigenvalue weighted by atomic mass is 32.2. The van der Waals surface area contributed by atoms with Crippen molar-refractivity contribution in [3.63, 3.8) is 0 Å². The first kappa shape index (κ1) is 13.0. The first-order valence-corrected chi connectivity index (χ1v) is 7.84. The van der Waals surface area contributed by atoms with Gasteiger partial charge in [-0.15, -0.1) is 10.2 Å². The second kappa shape index (κ2) is 5.23. The molecule has 1 aliphatic heterocycles. The molecule has 2 aromatic heterocycles. The highest BCUT2D eigenvalue weighted by Crippen LogP contribution is 2.25. The number of H-pyrrole nitrogens is 1. The number of thioether (sulfide) groups is 1. The maximum atomic E-state index is 13.3. The van der Waals surface area contributed by atoms with E-state index in [1.54, 1.807) is 17.8 Å². The highest BCUT2D eigenvalue weighted by Gasteiger charge is 2.17. The molecule has 0 saturated carbocycles. The fraction of sp³-hybridized carbons (Fsp3) is 0.357. The molecule has 4 rings (SSSR count). The van der Waals surface area contributed by atoms with E-state index in [4.69, 9.17) is 4.74 Å². The molecule has 3 heterocycles. The zero-order chi connectivity index (χ0) is 14.2. The Morgan fingerprint density at radius 1 is 1.38 bits per heavy atom. The smallest absolute Gasteiger partial charge is 0.211 e. The third-order valence-corrected chi connectivity index (χ3v) is 4.55. The Morgan fingerprint density at radius 3 is 3.19 bits per heavy atom. The van der Waals surface area contributed by atoms with Gasteiger partial charge in [-0.25, -0.2) is 9.37 Å². The lowest BCUT2D eigenvalue weighted by Gasteiger charge is -2.06. The third kappa shape index (κ3) is 2.47. The van der Waals surface area contributed by atoms with Crippen LogP contribution in [-0.2, 0) is 4.74 Å². The zero-order valence-corrected chi connectivity index (χ0v) is 12.0. The Morgan fingerprint density at radius 2 is 2.33 bits per heavy atom. The predicted molar refractivity (Wildman–Crippen MR) is 78.8 cm³/mol. The van der Waals surface area contributed by atoms with Crippen LogP contribution in [0.4, 0.5) is 4.39 Å². The van der Waals surface area contributed by atoms with Crippen LogP contribution in [0.15, 0.2) is 23.4 Å². The van der Waals surface area contributed by atoms with Crippen LogP contribution < -0.4 is 0 Å². The van der Waals surface area contributed by atoms with Gasteiger partial charge in [0.2, 0.25) is 5.16 Å². The lowest BCUT2D eigenvalue weighted by molar-refractivity contribution is 0.129. The van der Waals surface area contributed by atoms with Crippen molar-refractivity contribution in [2.24, 2.45) is 0 Å². The predicted octanol–water partition coefficient (Wildman–Crippen LogP) is 2.92. The molecule has 108 valence electrons. The average Bonchev–Trinajstić information content (AvgIpc) is 3.11. The first-order chi connectivity index (χ1) is 10.3. The monoisotopic (exact) mass is 304 g/mol. The summed E-state index contributed by atoms with van der Waals surface area (Å²) in [5.74, 6) is 0.546. The second-order valence-corrected chi connectivity index (χ2v) is 6.04. The second-order valence-electron chi connectivity index (χ2n) is 5.05. The number of fused-ring (bicyclic) bond motifs is 3. The SMILES string of the molecule is Fc1ccc2[nH]c3nc(SCC4CCCO4)nnc3c2c1. The number of aromatic amines is 1. The molecule has 3 aromatic rings. The topological polar surface area (TPSA) is 63.7 Å². The number of ether oxygens (including phenoxy) is 1. The van der Waals surface area contributed by atoms with Crippen LogP contribution in [0.5, 0.6) is 0 Å². The van der Waals surface area contributed by atoms with Crippen molar-refractivity contribution in [3.8, 4) is 0 Å². The van der Waals surface area contributed by atoms with E-state index in [-0.39, 0.29) is 11.9 Å². The van der Waals surface area contributed by atoms with Crippen LogP contribution in [0.25, 0.3) is 22.1 Å². The summed E-state index contributed by atoms with van der Waals surface area (Å²) in [6, 6.07) is 4.55. The number of rotatable bonds is 3. The Balaban J connectivity index is 1.64. The molecule has 5 nitrogen and oxygen atoms in total. The number of halogens is 1. The van der Waals surface area contributed by atoms with Gasteiger partial charge in [0.25, 0.3) is 0 Å². The largest absolute Gasteiger partial charge is 0.377 e. The normalized spacial score (nSPS) is 18.8. The summed E-state index contributed by atoms with van der Waals surface area (Å²) in [6.45, 7) is 0.844. The molecule has 1 aromatic carbocycles. The molecule has 21 heavy (non-hydrogen) atoms. The fourth-order valence-corrected chi connectivity index (χ4v) is 3.39. The quantitative estimate of drug-likeness (QED) is 0.754. The molecule has 0 radical (unpaired) electrons. The Kier molecular flexibility index (Phi) is 3.23. The molecule has 7 heteroatoms. The van der Waals surface area contributed by atoms with Crippen LogP contribution >= 0.6 is 11.8 Å². The summed E-state index contributed by atoms with van der Waals surface area (Å²) in [5, 5.41) is 9.63. The molecule has 0 bridgehead atoms. The summed E-state index contributed by atoms with van der Waals surface area (Å²) in [7, 11) is 0. The molecule has 1 N–H and O–H groups in total. The highest BCUT2D eigenvalue weighted by molar-refractivity contribution is 7.99. The molecule has 1 unspecified atom stereocenters. The van der Waals surface area contributed by atoms with Crippen molar-refractivity contribution in [3.05, 3.63) is 24.0 Å². The summed E-state index contributed by atoms with van der Waals surface area (Å²) in [6.07, 6.45) is 2.50. The van der Waals surface area contributed by atoms with Crippen molar-refractivity contribution in [1.82, 2.24) is 20.2 Å². The van der Waals surface area contributed by atoms with E-state index in [1.807, 2.05) is 0 Å². The van der Waals surface area contributed by atoms with E-state index in [0.717, 1.165) is 30.7 Å². The van der Waals surface area contributed by atoms with E-state index in [0.29, 0.717) is 21.7 Å². The maximum absolute atomic E-state index is 13.3. The van der Waals surface area contributed by atoms with Crippen LogP contribution in [0.1, 0.15) is 12.8 Å². The van der Waals surface area contributed by atoms with Gasteiger partial charge in [-0.3, -0.25) is 0 Å². The molecular formula is C14H13FN4OS. The summed E-state index contributed by atoms with van der Waals surface area (Å²) in [5.41, 5.74) is 2.06. The maximum Gasteiger partial charge on any atom is 0.211 e. The van der Waals surface area contributed by atoms with Gasteiger partial charge in [0.15, 0.2) is 5.65 Å². The van der Waals surface area contributed by atoms with Crippen molar-refractivity contribution in [2.75, 3.05) is 12.4 Å². The molecule has 0 spiro atoms. The fourth-order valence-electron chi connectivity index (χ4n) is 2.53. The van der Waals surface area contributed by atoms with Gasteiger partial charge in [0.05, 0.1) is 6.10 Å². The van der Waals surface area contributed by atoms with Crippen molar-refractivity contribution >= 4 is 33.8 Å². The van der Waals surface area contributed by atoms with E-state index < -0.39 is 0 Å². The van der Waals surface area contributed by atoms with Crippen molar-refractivity contribution < 1.29 is 9.13 Å². The van der Waals surface area contributed by atoms with E-state index in [9.17, 15) is 4.39 Å². The van der Waals surface area contributed by atoms with Crippen LogP contribution in [0.2, 0.25) is 0 Å². The summed E-state index contributed by atoms with van der Waals surface area (Å²) in [4.78, 5) is 7.61. The van der Waals surface area contributed by atoms with Gasteiger partial charge in [0.1, 0.15) is 11.3 Å². The van der Waals surface area contributed by atoms with Gasteiger partial charge in [-0.2, -0.15) is 0 Å². The average molecular weight is 304 g/mol. The lowest BCUT2D eigenvalue weighted by Crippen LogP contribution is -2.08. The molecule has 0 amide bonds. The Bertz CT molecular complexity index is 800. The summed E-state index contributed by atoms with van der Waals surface area (Å²) >= 11 is 1.54. The van der Waals surface area contributed by atoms with Gasteiger partial charge >= 0.3 is 0 Å². The lowest BCUT2D eigenvalue weighted by atomic mass is 10.2. The van der Waals surface area contributed by atoms with Gasteiger partial charge in [-0.1, -0.05) is 11.8 Å². The standard InChI is InChI=1S/C14H13FN4OS/c15-8-3-4-11-10(6-8)12-13(16-11)17-14(19-18-12)21-7-9-2-1-5-20-9/h3-4,6,9H,1-2,5,7H2,(H,16,17,19). The van der Waals surface area contributed by atoms with E-state index >= 15 is 0 Å². The summed E-state index contributed by atoms with van der Waals surface area (Å²) < 4.78 is 18.9. The minimum atomic E-state index is -0.290. The minimum absolute atomic E-state index is 0.283. The minimum Gasteiger partial charge on any atom is -0.377 e. The van der Waals surface area contributed by atoms with Crippen molar-refractivity contribution in [2.45, 2.75) is 24.1 Å². The molecule has 1 atom stereocenters. The molecule has 0 aliphatic carbocycles. The van der Waals surface area contributed by atoms with Crippen LogP contribution in [0.3, 0.4) is 0 Å². The Labute approximate surface area is 124 Å². The van der Waals surface area contributed by atoms with Gasteiger partial charge in [0, 0.05) is 23.3 Å². The van der Waals surface area contributed by atoms with Gasteiger partial charge in [-0.05, 0) is 31.0 Å². The molecule has 1 aliphatic rings. The first-order valence-electron chi connectivity index (χ1n) is 6.86. The van der Waals surface area contributed by atoms with E-state index in [1.165, 1.54) is 12.1 Å². The number of aromatic nitrogens is 4. The number of nitrogens with one attached hydrogen (secondary N) is 1. The molecular weight excluding hydrogens is 291 g/mol. The number of benzene rings is 1. The van der Waals surface area contributed by atoms with Crippen LogP contribution in [-0.4, -0.2) is 38.6 Å². The van der Waals surface area contributed by atoms with E-state index in [2.05, 4.69) is 20.2 Å². The van der Waals surface area contributed by atoms with Gasteiger partial charge < -0.3 is 9.72 Å². The number of hydrogen-bond acceptors (Lipinski definition) is 5. The number of nitrogens with zero attached hydrogens (tertiary/aromatic N) is 3. The molecule has 1 saturated heterocycles. The molecule has 1 fully saturated rings. The van der Waals surface area contributed by atoms with Crippen molar-refractivity contribution in [1.29, 1.82) is 0 Å². The Hall–Kier alpha value is -1.73. The number of hydrogen-bond donors (Lipinski definition) is 1. The van der Waals surface area contributed by atoms with Crippen LogP contribution in [0, 0.1) is 5.82 Å².